The lowest BCUT2D eigenvalue weighted by Crippen LogP contribution is -2.52. The summed E-state index contributed by atoms with van der Waals surface area (Å²) in [6, 6.07) is 0. The van der Waals surface area contributed by atoms with Crippen LogP contribution < -0.4 is 5.32 Å². The van der Waals surface area contributed by atoms with Gasteiger partial charge in [-0.2, -0.15) is 0 Å². The highest BCUT2D eigenvalue weighted by molar-refractivity contribution is 5.02. The van der Waals surface area contributed by atoms with Crippen LogP contribution in [0.1, 0.15) is 49.9 Å². The molecular formula is C16H26N4. The number of rotatable bonds is 2. The quantitative estimate of drug-likeness (QED) is 0.898. The predicted molar refractivity (Wildman–Crippen MR) is 80.5 cm³/mol. The number of hydrogen-bond acceptors (Lipinski definition) is 4. The van der Waals surface area contributed by atoms with Gasteiger partial charge in [-0.3, -0.25) is 14.9 Å². The highest BCUT2D eigenvalue weighted by atomic mass is 15.2. The van der Waals surface area contributed by atoms with E-state index in [2.05, 4.69) is 20.2 Å². The average molecular weight is 274 g/mol. The van der Waals surface area contributed by atoms with Gasteiger partial charge >= 0.3 is 0 Å². The Bertz CT molecular complexity index is 423. The van der Waals surface area contributed by atoms with E-state index in [1.165, 1.54) is 51.6 Å². The predicted octanol–water partition coefficient (Wildman–Crippen LogP) is 2.28. The first-order valence-corrected chi connectivity index (χ1v) is 8.01. The number of hydrogen-bond donors (Lipinski definition) is 1. The van der Waals surface area contributed by atoms with Crippen molar-refractivity contribution < 1.29 is 0 Å². The third-order valence-electron chi connectivity index (χ3n) is 4.71. The Labute approximate surface area is 122 Å². The van der Waals surface area contributed by atoms with E-state index in [9.17, 15) is 0 Å². The monoisotopic (exact) mass is 274 g/mol. The summed E-state index contributed by atoms with van der Waals surface area (Å²) in [5.41, 5.74) is 2.46. The lowest BCUT2D eigenvalue weighted by molar-refractivity contribution is 0.158. The topological polar surface area (TPSA) is 41.1 Å². The zero-order valence-corrected chi connectivity index (χ0v) is 12.6. The molecule has 1 aliphatic heterocycles. The van der Waals surface area contributed by atoms with Gasteiger partial charge in [0.2, 0.25) is 0 Å². The number of nitrogens with one attached hydrogen (secondary N) is 1. The molecule has 0 amide bonds. The van der Waals surface area contributed by atoms with Crippen molar-refractivity contribution in [1.82, 2.24) is 20.2 Å². The van der Waals surface area contributed by atoms with E-state index in [-0.39, 0.29) is 0 Å². The smallest absolute Gasteiger partial charge is 0.0727 e. The summed E-state index contributed by atoms with van der Waals surface area (Å²) in [4.78, 5) is 11.5. The van der Waals surface area contributed by atoms with Gasteiger partial charge in [-0.15, -0.1) is 0 Å². The summed E-state index contributed by atoms with van der Waals surface area (Å²) >= 11 is 0. The van der Waals surface area contributed by atoms with Crippen LogP contribution in [0.2, 0.25) is 0 Å². The lowest BCUT2D eigenvalue weighted by Gasteiger charge is -2.40. The second kappa shape index (κ2) is 6.19. The Kier molecular flexibility index (Phi) is 4.32. The molecule has 1 N–H and O–H groups in total. The highest BCUT2D eigenvalue weighted by Gasteiger charge is 2.34. The van der Waals surface area contributed by atoms with Gasteiger partial charge in [0.1, 0.15) is 0 Å². The molecule has 3 rings (SSSR count). The van der Waals surface area contributed by atoms with Gasteiger partial charge in [0.25, 0.3) is 0 Å². The number of aromatic nitrogens is 2. The first-order valence-electron chi connectivity index (χ1n) is 8.01. The van der Waals surface area contributed by atoms with E-state index in [0.717, 1.165) is 24.5 Å². The van der Waals surface area contributed by atoms with E-state index in [0.29, 0.717) is 5.54 Å². The molecule has 4 heteroatoms. The Morgan fingerprint density at radius 1 is 1.15 bits per heavy atom. The van der Waals surface area contributed by atoms with Crippen LogP contribution in [0.25, 0.3) is 0 Å². The van der Waals surface area contributed by atoms with Crippen LogP contribution in [0.3, 0.4) is 0 Å². The molecule has 1 spiro atoms. The van der Waals surface area contributed by atoms with Gasteiger partial charge in [0, 0.05) is 31.0 Å². The molecule has 4 nitrogen and oxygen atoms in total. The summed E-state index contributed by atoms with van der Waals surface area (Å²) in [7, 11) is 0. The van der Waals surface area contributed by atoms with Crippen molar-refractivity contribution in [2.45, 2.75) is 57.5 Å². The van der Waals surface area contributed by atoms with E-state index in [1.807, 2.05) is 19.3 Å². The third-order valence-corrected chi connectivity index (χ3v) is 4.71. The number of aryl methyl sites for hydroxylation is 1. The van der Waals surface area contributed by atoms with Crippen molar-refractivity contribution in [3.05, 3.63) is 23.8 Å². The summed E-state index contributed by atoms with van der Waals surface area (Å²) in [6.45, 7) is 6.43. The fourth-order valence-corrected chi connectivity index (χ4v) is 3.65. The average Bonchev–Trinajstić information content (AvgIpc) is 2.65. The minimum absolute atomic E-state index is 0.368. The first kappa shape index (κ1) is 14.0. The minimum Gasteiger partial charge on any atom is -0.310 e. The first-order chi connectivity index (χ1) is 9.76. The molecule has 0 atom stereocenters. The molecule has 1 saturated carbocycles. The van der Waals surface area contributed by atoms with Crippen LogP contribution in [-0.4, -0.2) is 40.0 Å². The maximum absolute atomic E-state index is 4.51. The van der Waals surface area contributed by atoms with Crippen LogP contribution in [0.15, 0.2) is 12.4 Å². The molecule has 0 unspecified atom stereocenters. The minimum atomic E-state index is 0.368. The van der Waals surface area contributed by atoms with Crippen molar-refractivity contribution in [3.63, 3.8) is 0 Å². The largest absolute Gasteiger partial charge is 0.310 e. The van der Waals surface area contributed by atoms with Gasteiger partial charge in [-0.05, 0) is 39.3 Å². The molecular weight excluding hydrogens is 248 g/mol. The van der Waals surface area contributed by atoms with Gasteiger partial charge in [0.15, 0.2) is 0 Å². The van der Waals surface area contributed by atoms with Gasteiger partial charge < -0.3 is 5.32 Å². The molecule has 1 saturated heterocycles. The van der Waals surface area contributed by atoms with Crippen LogP contribution in [-0.2, 0) is 6.54 Å². The Hall–Kier alpha value is -1.00. The van der Waals surface area contributed by atoms with Crippen LogP contribution in [0, 0.1) is 6.92 Å². The molecule has 0 bridgehead atoms. The normalized spacial score (nSPS) is 23.6. The molecule has 1 aromatic heterocycles. The maximum Gasteiger partial charge on any atom is 0.0727 e. The lowest BCUT2D eigenvalue weighted by atomic mass is 9.81. The second-order valence-electron chi connectivity index (χ2n) is 6.48. The molecule has 1 aliphatic carbocycles. The van der Waals surface area contributed by atoms with Gasteiger partial charge in [-0.1, -0.05) is 19.3 Å². The molecule has 2 fully saturated rings. The standard InChI is InChI=1S/C16H26N4/c1-14-10-18-15(11-17-14)12-20-9-5-8-19-16(13-20)6-3-2-4-7-16/h10-11,19H,2-9,12-13H2,1H3. The molecule has 110 valence electrons. The third kappa shape index (κ3) is 3.36. The SMILES string of the molecule is Cc1cnc(CN2CCCNC3(CCCCC3)C2)cn1. The summed E-state index contributed by atoms with van der Waals surface area (Å²) in [6.07, 6.45) is 11.9. The Balaban J connectivity index is 1.67. The Morgan fingerprint density at radius 3 is 2.75 bits per heavy atom. The van der Waals surface area contributed by atoms with E-state index in [1.54, 1.807) is 0 Å². The van der Waals surface area contributed by atoms with Crippen LogP contribution >= 0.6 is 0 Å². The highest BCUT2D eigenvalue weighted by Crippen LogP contribution is 2.30. The fraction of sp³-hybridized carbons (Fsp3) is 0.750. The van der Waals surface area contributed by atoms with Crippen molar-refractivity contribution in [1.29, 1.82) is 0 Å². The molecule has 2 heterocycles. The van der Waals surface area contributed by atoms with Crippen molar-refractivity contribution in [2.24, 2.45) is 0 Å². The summed E-state index contributed by atoms with van der Waals surface area (Å²) < 4.78 is 0. The zero-order chi connectivity index (χ0) is 13.8. The van der Waals surface area contributed by atoms with Gasteiger partial charge in [-0.25, -0.2) is 0 Å². The maximum atomic E-state index is 4.51. The zero-order valence-electron chi connectivity index (χ0n) is 12.6. The fourth-order valence-electron chi connectivity index (χ4n) is 3.65. The molecule has 20 heavy (non-hydrogen) atoms. The molecule has 0 radical (unpaired) electrons. The van der Waals surface area contributed by atoms with Crippen molar-refractivity contribution in [3.8, 4) is 0 Å². The van der Waals surface area contributed by atoms with Crippen molar-refractivity contribution in [2.75, 3.05) is 19.6 Å². The van der Waals surface area contributed by atoms with E-state index >= 15 is 0 Å². The van der Waals surface area contributed by atoms with Crippen molar-refractivity contribution >= 4 is 0 Å². The second-order valence-corrected chi connectivity index (χ2v) is 6.48. The van der Waals surface area contributed by atoms with Crippen LogP contribution in [0.4, 0.5) is 0 Å². The van der Waals surface area contributed by atoms with E-state index < -0.39 is 0 Å². The van der Waals surface area contributed by atoms with E-state index in [4.69, 9.17) is 0 Å². The number of nitrogens with zero attached hydrogens (tertiary/aromatic N) is 3. The van der Waals surface area contributed by atoms with Crippen LogP contribution in [0.5, 0.6) is 0 Å². The molecule has 2 aliphatic rings. The molecule has 0 aromatic carbocycles. The Morgan fingerprint density at radius 2 is 2.00 bits per heavy atom. The molecule has 1 aromatic rings. The summed E-state index contributed by atoms with van der Waals surface area (Å²) in [5, 5.41) is 3.84. The summed E-state index contributed by atoms with van der Waals surface area (Å²) in [5.74, 6) is 0. The van der Waals surface area contributed by atoms with Gasteiger partial charge in [0.05, 0.1) is 11.4 Å².